The summed E-state index contributed by atoms with van der Waals surface area (Å²) in [6, 6.07) is 5.47. The smallest absolute Gasteiger partial charge is 0.161 e. The zero-order valence-corrected chi connectivity index (χ0v) is 10.6. The number of benzene rings is 1. The summed E-state index contributed by atoms with van der Waals surface area (Å²) >= 11 is 0. The van der Waals surface area contributed by atoms with Crippen LogP contribution in [0.2, 0.25) is 0 Å². The Morgan fingerprint density at radius 1 is 1.11 bits per heavy atom. The van der Waals surface area contributed by atoms with Gasteiger partial charge in [-0.3, -0.25) is 9.59 Å². The molecule has 1 aliphatic rings. The molecule has 0 aliphatic heterocycles. The molecule has 96 valence electrons. The van der Waals surface area contributed by atoms with Crippen LogP contribution in [0.5, 0.6) is 11.5 Å². The minimum absolute atomic E-state index is 0.00142. The number of methoxy groups -OCH3 is 2. The van der Waals surface area contributed by atoms with Gasteiger partial charge in [-0.1, -0.05) is 6.07 Å². The molecule has 0 aromatic heterocycles. The highest BCUT2D eigenvalue weighted by molar-refractivity contribution is 6.04. The van der Waals surface area contributed by atoms with Crippen molar-refractivity contribution in [3.63, 3.8) is 0 Å². The number of hydrogen-bond acceptors (Lipinski definition) is 4. The minimum Gasteiger partial charge on any atom is -0.493 e. The molecule has 4 heteroatoms. The summed E-state index contributed by atoms with van der Waals surface area (Å²) < 4.78 is 10.4. The van der Waals surface area contributed by atoms with Gasteiger partial charge in [-0.05, 0) is 24.1 Å². The van der Waals surface area contributed by atoms with Gasteiger partial charge in [-0.15, -0.1) is 0 Å². The SMILES string of the molecule is COc1ccc([C@@H]2CCC(=O)CC2=O)cc1OC. The highest BCUT2D eigenvalue weighted by Crippen LogP contribution is 2.34. The second kappa shape index (κ2) is 5.21. The summed E-state index contributed by atoms with van der Waals surface area (Å²) in [4.78, 5) is 23.1. The second-order valence-electron chi connectivity index (χ2n) is 4.39. The number of hydrogen-bond donors (Lipinski definition) is 0. The first-order chi connectivity index (χ1) is 8.65. The summed E-state index contributed by atoms with van der Waals surface area (Å²) in [6.45, 7) is 0. The average Bonchev–Trinajstić information content (AvgIpc) is 2.38. The molecule has 1 atom stereocenters. The molecule has 1 aromatic rings. The molecule has 0 N–H and O–H groups in total. The van der Waals surface area contributed by atoms with Crippen LogP contribution in [-0.4, -0.2) is 25.8 Å². The lowest BCUT2D eigenvalue weighted by Gasteiger charge is -2.21. The molecule has 0 saturated heterocycles. The van der Waals surface area contributed by atoms with E-state index in [-0.39, 0.29) is 23.9 Å². The number of ether oxygens (including phenoxy) is 2. The first-order valence-electron chi connectivity index (χ1n) is 5.92. The predicted octanol–water partition coefficient (Wildman–Crippen LogP) is 2.11. The van der Waals surface area contributed by atoms with Crippen LogP contribution < -0.4 is 9.47 Å². The molecular weight excluding hydrogens is 232 g/mol. The van der Waals surface area contributed by atoms with Crippen molar-refractivity contribution in [2.24, 2.45) is 0 Å². The van der Waals surface area contributed by atoms with Crippen molar-refractivity contribution in [3.8, 4) is 11.5 Å². The molecule has 18 heavy (non-hydrogen) atoms. The summed E-state index contributed by atoms with van der Waals surface area (Å²) in [5.74, 6) is 1.10. The maximum Gasteiger partial charge on any atom is 0.161 e. The molecule has 0 heterocycles. The number of Topliss-reactive ketones (excluding diaryl/α,β-unsaturated/α-hetero) is 2. The Morgan fingerprint density at radius 3 is 2.44 bits per heavy atom. The van der Waals surface area contributed by atoms with E-state index in [0.717, 1.165) is 5.56 Å². The fourth-order valence-electron chi connectivity index (χ4n) is 2.29. The highest BCUT2D eigenvalue weighted by Gasteiger charge is 2.28. The lowest BCUT2D eigenvalue weighted by atomic mass is 9.82. The van der Waals surface area contributed by atoms with Gasteiger partial charge >= 0.3 is 0 Å². The van der Waals surface area contributed by atoms with Crippen LogP contribution in [0.25, 0.3) is 0 Å². The van der Waals surface area contributed by atoms with Crippen LogP contribution in [0, 0.1) is 0 Å². The van der Waals surface area contributed by atoms with Crippen molar-refractivity contribution in [3.05, 3.63) is 23.8 Å². The van der Waals surface area contributed by atoms with E-state index in [1.54, 1.807) is 20.3 Å². The molecule has 0 radical (unpaired) electrons. The number of carbonyl (C=O) groups excluding carboxylic acids is 2. The Hall–Kier alpha value is -1.84. The van der Waals surface area contributed by atoms with E-state index in [0.29, 0.717) is 24.3 Å². The normalized spacial score (nSPS) is 19.8. The van der Waals surface area contributed by atoms with E-state index in [1.807, 2.05) is 12.1 Å². The van der Waals surface area contributed by atoms with E-state index in [2.05, 4.69) is 0 Å². The minimum atomic E-state index is -0.192. The van der Waals surface area contributed by atoms with Crippen molar-refractivity contribution in [2.45, 2.75) is 25.2 Å². The molecule has 0 amide bonds. The van der Waals surface area contributed by atoms with Crippen molar-refractivity contribution < 1.29 is 19.1 Å². The maximum atomic E-state index is 11.9. The first kappa shape index (κ1) is 12.6. The van der Waals surface area contributed by atoms with Crippen molar-refractivity contribution in [1.29, 1.82) is 0 Å². The molecule has 2 rings (SSSR count). The predicted molar refractivity (Wildman–Crippen MR) is 66.2 cm³/mol. The van der Waals surface area contributed by atoms with Crippen LogP contribution in [-0.2, 0) is 9.59 Å². The van der Waals surface area contributed by atoms with Crippen LogP contribution in [0.3, 0.4) is 0 Å². The third kappa shape index (κ3) is 2.37. The Balaban J connectivity index is 2.28. The molecule has 0 spiro atoms. The van der Waals surface area contributed by atoms with Crippen molar-refractivity contribution in [1.82, 2.24) is 0 Å². The average molecular weight is 248 g/mol. The van der Waals surface area contributed by atoms with E-state index < -0.39 is 0 Å². The zero-order valence-electron chi connectivity index (χ0n) is 10.6. The third-order valence-corrected chi connectivity index (χ3v) is 3.28. The third-order valence-electron chi connectivity index (χ3n) is 3.28. The lowest BCUT2D eigenvalue weighted by molar-refractivity contribution is -0.130. The van der Waals surface area contributed by atoms with Gasteiger partial charge in [0.2, 0.25) is 0 Å². The number of carbonyl (C=O) groups is 2. The summed E-state index contributed by atoms with van der Waals surface area (Å²) in [5, 5.41) is 0. The van der Waals surface area contributed by atoms with Crippen molar-refractivity contribution in [2.75, 3.05) is 14.2 Å². The summed E-state index contributed by atoms with van der Waals surface area (Å²) in [7, 11) is 3.13. The molecule has 1 saturated carbocycles. The van der Waals surface area contributed by atoms with Gasteiger partial charge < -0.3 is 9.47 Å². The fourth-order valence-corrected chi connectivity index (χ4v) is 2.29. The van der Waals surface area contributed by atoms with Gasteiger partial charge in [-0.2, -0.15) is 0 Å². The van der Waals surface area contributed by atoms with Gasteiger partial charge in [0.1, 0.15) is 11.6 Å². The highest BCUT2D eigenvalue weighted by atomic mass is 16.5. The monoisotopic (exact) mass is 248 g/mol. The summed E-state index contributed by atoms with van der Waals surface area (Å²) in [6.07, 6.45) is 1.12. The summed E-state index contributed by atoms with van der Waals surface area (Å²) in [5.41, 5.74) is 0.894. The Morgan fingerprint density at radius 2 is 1.83 bits per heavy atom. The lowest BCUT2D eigenvalue weighted by Crippen LogP contribution is -2.23. The quantitative estimate of drug-likeness (QED) is 0.769. The Labute approximate surface area is 106 Å². The van der Waals surface area contributed by atoms with Gasteiger partial charge in [0.05, 0.1) is 20.6 Å². The van der Waals surface area contributed by atoms with Crippen LogP contribution in [0.1, 0.15) is 30.7 Å². The molecule has 1 aromatic carbocycles. The van der Waals surface area contributed by atoms with E-state index in [9.17, 15) is 9.59 Å². The molecule has 1 fully saturated rings. The molecule has 0 bridgehead atoms. The Kier molecular flexibility index (Phi) is 3.65. The van der Waals surface area contributed by atoms with Gasteiger partial charge in [0.15, 0.2) is 11.5 Å². The standard InChI is InChI=1S/C14H16O4/c1-17-13-6-3-9(7-14(13)18-2)11-5-4-10(15)8-12(11)16/h3,6-7,11H,4-5,8H2,1-2H3/t11-/m0/s1. The van der Waals surface area contributed by atoms with E-state index in [4.69, 9.17) is 9.47 Å². The van der Waals surface area contributed by atoms with Gasteiger partial charge in [0.25, 0.3) is 0 Å². The van der Waals surface area contributed by atoms with E-state index >= 15 is 0 Å². The Bertz CT molecular complexity index is 479. The van der Waals surface area contributed by atoms with Crippen LogP contribution >= 0.6 is 0 Å². The first-order valence-corrected chi connectivity index (χ1v) is 5.92. The zero-order chi connectivity index (χ0) is 13.1. The van der Waals surface area contributed by atoms with Crippen LogP contribution in [0.4, 0.5) is 0 Å². The maximum absolute atomic E-state index is 11.9. The fraction of sp³-hybridized carbons (Fsp3) is 0.429. The largest absolute Gasteiger partial charge is 0.493 e. The van der Waals surface area contributed by atoms with Crippen LogP contribution in [0.15, 0.2) is 18.2 Å². The molecular formula is C14H16O4. The van der Waals surface area contributed by atoms with Gasteiger partial charge in [-0.25, -0.2) is 0 Å². The van der Waals surface area contributed by atoms with E-state index in [1.165, 1.54) is 0 Å². The van der Waals surface area contributed by atoms with Gasteiger partial charge in [0, 0.05) is 12.3 Å². The molecule has 1 aliphatic carbocycles. The topological polar surface area (TPSA) is 52.6 Å². The molecule has 4 nitrogen and oxygen atoms in total. The molecule has 0 unspecified atom stereocenters. The number of ketones is 2. The number of rotatable bonds is 3. The van der Waals surface area contributed by atoms with Crippen molar-refractivity contribution >= 4 is 11.6 Å². The second-order valence-corrected chi connectivity index (χ2v) is 4.39.